The summed E-state index contributed by atoms with van der Waals surface area (Å²) in [5.41, 5.74) is 0.271. The number of aromatic carboxylic acids is 1. The molecule has 1 heterocycles. The number of halogens is 1. The summed E-state index contributed by atoms with van der Waals surface area (Å²) in [5, 5.41) is 12.0. The maximum atomic E-state index is 10.6. The minimum atomic E-state index is -0.927. The summed E-state index contributed by atoms with van der Waals surface area (Å²) >= 11 is 7.38. The first-order valence-electron chi connectivity index (χ1n) is 3.58. The second-order valence-corrected chi connectivity index (χ2v) is 3.92. The van der Waals surface area contributed by atoms with Crippen molar-refractivity contribution in [3.05, 3.63) is 34.2 Å². The molecule has 0 atom stereocenters. The molecule has 2 rings (SSSR count). The van der Waals surface area contributed by atoms with Crippen molar-refractivity contribution in [1.82, 2.24) is 0 Å². The number of carboxylic acid groups (broad SMARTS) is 1. The summed E-state index contributed by atoms with van der Waals surface area (Å²) in [6, 6.07) is 4.95. The molecule has 13 heavy (non-hydrogen) atoms. The van der Waals surface area contributed by atoms with Crippen molar-refractivity contribution in [2.75, 3.05) is 0 Å². The Bertz CT molecular complexity index is 475. The van der Waals surface area contributed by atoms with Gasteiger partial charge in [0, 0.05) is 15.5 Å². The highest BCUT2D eigenvalue weighted by Crippen LogP contribution is 2.30. The molecule has 0 radical (unpaired) electrons. The van der Waals surface area contributed by atoms with Crippen molar-refractivity contribution in [2.24, 2.45) is 0 Å². The fourth-order valence-corrected chi connectivity index (χ4v) is 2.28. The van der Waals surface area contributed by atoms with E-state index in [0.717, 1.165) is 10.1 Å². The number of fused-ring (bicyclic) bond motifs is 1. The summed E-state index contributed by atoms with van der Waals surface area (Å²) in [7, 11) is 0. The molecule has 1 N–H and O–H groups in total. The van der Waals surface area contributed by atoms with Gasteiger partial charge in [-0.25, -0.2) is 4.79 Å². The predicted octanol–water partition coefficient (Wildman–Crippen LogP) is 3.25. The molecule has 0 saturated heterocycles. The van der Waals surface area contributed by atoms with Crippen molar-refractivity contribution in [3.8, 4) is 0 Å². The van der Waals surface area contributed by atoms with Crippen LogP contribution in [0.25, 0.3) is 10.1 Å². The lowest BCUT2D eigenvalue weighted by molar-refractivity contribution is 0.0697. The summed E-state index contributed by atoms with van der Waals surface area (Å²) in [6.45, 7) is 0. The molecule has 0 spiro atoms. The summed E-state index contributed by atoms with van der Waals surface area (Å²) in [4.78, 5) is 10.6. The number of hydrogen-bond acceptors (Lipinski definition) is 2. The van der Waals surface area contributed by atoms with E-state index in [1.54, 1.807) is 23.6 Å². The molecular weight excluding hydrogens is 208 g/mol. The Morgan fingerprint density at radius 1 is 1.46 bits per heavy atom. The van der Waals surface area contributed by atoms with Gasteiger partial charge in [-0.1, -0.05) is 11.6 Å². The number of carboxylic acids is 1. The van der Waals surface area contributed by atoms with E-state index in [2.05, 4.69) is 0 Å². The lowest BCUT2D eigenvalue weighted by Gasteiger charge is -1.94. The Morgan fingerprint density at radius 2 is 2.23 bits per heavy atom. The van der Waals surface area contributed by atoms with Crippen LogP contribution in [0.5, 0.6) is 0 Å². The minimum Gasteiger partial charge on any atom is -0.478 e. The van der Waals surface area contributed by atoms with Crippen LogP contribution in [0.1, 0.15) is 10.4 Å². The smallest absolute Gasteiger partial charge is 0.335 e. The van der Waals surface area contributed by atoms with E-state index in [-0.39, 0.29) is 5.56 Å². The first-order valence-corrected chi connectivity index (χ1v) is 4.84. The van der Waals surface area contributed by atoms with E-state index >= 15 is 0 Å². The molecule has 2 nitrogen and oxygen atoms in total. The third kappa shape index (κ3) is 1.41. The topological polar surface area (TPSA) is 37.3 Å². The molecule has 1 aromatic heterocycles. The van der Waals surface area contributed by atoms with Crippen LogP contribution < -0.4 is 0 Å². The summed E-state index contributed by atoms with van der Waals surface area (Å²) in [5.74, 6) is -0.927. The van der Waals surface area contributed by atoms with E-state index in [4.69, 9.17) is 16.7 Å². The highest BCUT2D eigenvalue weighted by Gasteiger charge is 2.06. The van der Waals surface area contributed by atoms with Crippen LogP contribution in [-0.2, 0) is 0 Å². The fraction of sp³-hybridized carbons (Fsp3) is 0. The zero-order valence-corrected chi connectivity index (χ0v) is 8.02. The highest BCUT2D eigenvalue weighted by molar-refractivity contribution is 7.17. The quantitative estimate of drug-likeness (QED) is 0.788. The van der Waals surface area contributed by atoms with Gasteiger partial charge in [0.15, 0.2) is 0 Å². The third-order valence-corrected chi connectivity index (χ3v) is 3.18. The number of hydrogen-bond donors (Lipinski definition) is 1. The van der Waals surface area contributed by atoms with Crippen LogP contribution in [0.3, 0.4) is 0 Å². The molecule has 0 aliphatic carbocycles. The van der Waals surface area contributed by atoms with Crippen LogP contribution in [0.2, 0.25) is 5.02 Å². The molecule has 0 aliphatic rings. The highest BCUT2D eigenvalue weighted by atomic mass is 35.5. The second-order valence-electron chi connectivity index (χ2n) is 2.60. The number of carbonyl (C=O) groups is 1. The Balaban J connectivity index is 2.72. The maximum absolute atomic E-state index is 10.6. The largest absolute Gasteiger partial charge is 0.478 e. The SMILES string of the molecule is O=C(O)c1ccc2scc(Cl)c2c1. The van der Waals surface area contributed by atoms with E-state index < -0.39 is 5.97 Å². The lowest BCUT2D eigenvalue weighted by atomic mass is 10.2. The van der Waals surface area contributed by atoms with E-state index in [9.17, 15) is 4.79 Å². The Labute approximate surface area is 83.4 Å². The molecular formula is C9H5ClO2S. The zero-order valence-electron chi connectivity index (χ0n) is 6.45. The number of rotatable bonds is 1. The molecule has 0 fully saturated rings. The molecule has 0 bridgehead atoms. The van der Waals surface area contributed by atoms with E-state index in [1.807, 2.05) is 0 Å². The Morgan fingerprint density at radius 3 is 2.92 bits per heavy atom. The lowest BCUT2D eigenvalue weighted by Crippen LogP contribution is -1.94. The molecule has 66 valence electrons. The molecule has 2 aromatic rings. The van der Waals surface area contributed by atoms with Crippen molar-refractivity contribution in [3.63, 3.8) is 0 Å². The number of benzene rings is 1. The van der Waals surface area contributed by atoms with Crippen LogP contribution in [0.4, 0.5) is 0 Å². The van der Waals surface area contributed by atoms with Crippen LogP contribution in [0, 0.1) is 0 Å². The van der Waals surface area contributed by atoms with Crippen LogP contribution in [-0.4, -0.2) is 11.1 Å². The van der Waals surface area contributed by atoms with Crippen molar-refractivity contribution >= 4 is 39.0 Å². The molecule has 0 amide bonds. The van der Waals surface area contributed by atoms with Crippen LogP contribution in [0.15, 0.2) is 23.6 Å². The predicted molar refractivity (Wildman–Crippen MR) is 53.8 cm³/mol. The number of thiophene rings is 1. The van der Waals surface area contributed by atoms with Gasteiger partial charge in [0.05, 0.1) is 10.6 Å². The van der Waals surface area contributed by atoms with Crippen molar-refractivity contribution in [2.45, 2.75) is 0 Å². The second kappa shape index (κ2) is 3.01. The van der Waals surface area contributed by atoms with E-state index in [0.29, 0.717) is 5.02 Å². The minimum absolute atomic E-state index is 0.271. The van der Waals surface area contributed by atoms with Gasteiger partial charge in [-0.2, -0.15) is 0 Å². The van der Waals surface area contributed by atoms with E-state index in [1.165, 1.54) is 11.3 Å². The van der Waals surface area contributed by atoms with Crippen molar-refractivity contribution in [1.29, 1.82) is 0 Å². The molecule has 0 saturated carbocycles. The third-order valence-electron chi connectivity index (χ3n) is 1.77. The van der Waals surface area contributed by atoms with Gasteiger partial charge in [-0.3, -0.25) is 0 Å². The van der Waals surface area contributed by atoms with Gasteiger partial charge >= 0.3 is 5.97 Å². The Kier molecular flexibility index (Phi) is 1.98. The van der Waals surface area contributed by atoms with Gasteiger partial charge in [0.1, 0.15) is 0 Å². The van der Waals surface area contributed by atoms with Gasteiger partial charge in [0.25, 0.3) is 0 Å². The zero-order chi connectivity index (χ0) is 9.42. The maximum Gasteiger partial charge on any atom is 0.335 e. The standard InChI is InChI=1S/C9H5ClO2S/c10-7-4-13-8-2-1-5(9(11)12)3-6(7)8/h1-4H,(H,11,12). The first-order chi connectivity index (χ1) is 6.18. The van der Waals surface area contributed by atoms with Gasteiger partial charge in [0.2, 0.25) is 0 Å². The van der Waals surface area contributed by atoms with Crippen molar-refractivity contribution < 1.29 is 9.90 Å². The molecule has 0 unspecified atom stereocenters. The van der Waals surface area contributed by atoms with Gasteiger partial charge in [-0.15, -0.1) is 11.3 Å². The van der Waals surface area contributed by atoms with Gasteiger partial charge in [-0.05, 0) is 18.2 Å². The monoisotopic (exact) mass is 212 g/mol. The fourth-order valence-electron chi connectivity index (χ4n) is 1.13. The average Bonchev–Trinajstić information content (AvgIpc) is 2.47. The average molecular weight is 213 g/mol. The van der Waals surface area contributed by atoms with Crippen LogP contribution >= 0.6 is 22.9 Å². The molecule has 0 aliphatic heterocycles. The normalized spacial score (nSPS) is 10.5. The Hall–Kier alpha value is -1.06. The molecule has 1 aromatic carbocycles. The first kappa shape index (κ1) is 8.53. The molecule has 4 heteroatoms. The summed E-state index contributed by atoms with van der Waals surface area (Å²) < 4.78 is 1.01. The summed E-state index contributed by atoms with van der Waals surface area (Å²) in [6.07, 6.45) is 0. The van der Waals surface area contributed by atoms with Gasteiger partial charge < -0.3 is 5.11 Å².